The third kappa shape index (κ3) is 1.37. The van der Waals surface area contributed by atoms with Gasteiger partial charge in [-0.1, -0.05) is 0 Å². The van der Waals surface area contributed by atoms with Gasteiger partial charge in [-0.3, -0.25) is 9.69 Å². The predicted octanol–water partition coefficient (Wildman–Crippen LogP) is -0.466. The van der Waals surface area contributed by atoms with E-state index in [-0.39, 0.29) is 11.9 Å². The van der Waals surface area contributed by atoms with E-state index in [1.54, 1.807) is 0 Å². The second-order valence-electron chi connectivity index (χ2n) is 2.92. The summed E-state index contributed by atoms with van der Waals surface area (Å²) in [6, 6.07) is 0.169. The van der Waals surface area contributed by atoms with Crippen LogP contribution in [-0.4, -0.2) is 48.0 Å². The van der Waals surface area contributed by atoms with E-state index in [0.717, 1.165) is 25.4 Å². The van der Waals surface area contributed by atoms with Gasteiger partial charge in [-0.25, -0.2) is 0 Å². The lowest BCUT2D eigenvalue weighted by Gasteiger charge is -2.37. The van der Waals surface area contributed by atoms with Crippen LogP contribution in [0.5, 0.6) is 0 Å². The van der Waals surface area contributed by atoms with Gasteiger partial charge >= 0.3 is 0 Å². The molecule has 0 aromatic carbocycles. The predicted molar refractivity (Wildman–Crippen MR) is 45.7 cm³/mol. The minimum Gasteiger partial charge on any atom is -0.353 e. The Kier molecular flexibility index (Phi) is 2.05. The average Bonchev–Trinajstić information content (AvgIpc) is 2.06. The second-order valence-corrected chi connectivity index (χ2v) is 4.07. The van der Waals surface area contributed by atoms with Crippen LogP contribution >= 0.6 is 11.8 Å². The molecule has 4 heteroatoms. The van der Waals surface area contributed by atoms with Gasteiger partial charge in [0.25, 0.3) is 0 Å². The number of carbonyl (C=O) groups is 1. The fourth-order valence-electron chi connectivity index (χ4n) is 1.59. The molecule has 1 N–H and O–H groups in total. The molecule has 3 nitrogen and oxygen atoms in total. The molecule has 0 bridgehead atoms. The molecule has 0 unspecified atom stereocenters. The van der Waals surface area contributed by atoms with Crippen molar-refractivity contribution in [2.75, 3.05) is 31.1 Å². The van der Waals surface area contributed by atoms with E-state index in [4.69, 9.17) is 0 Å². The molecule has 1 amide bonds. The molecule has 0 aromatic heterocycles. The summed E-state index contributed by atoms with van der Waals surface area (Å²) in [5, 5.41) is 2.89. The molecule has 2 saturated heterocycles. The quantitative estimate of drug-likeness (QED) is 0.536. The minimum atomic E-state index is 0.169. The lowest BCUT2D eigenvalue weighted by Crippen LogP contribution is -2.58. The molecule has 2 aliphatic rings. The van der Waals surface area contributed by atoms with E-state index in [0.29, 0.717) is 0 Å². The molecular formula is C7H12N2OS. The van der Waals surface area contributed by atoms with Crippen LogP contribution in [0, 0.1) is 0 Å². The van der Waals surface area contributed by atoms with E-state index in [1.165, 1.54) is 5.75 Å². The lowest BCUT2D eigenvalue weighted by atomic mass is 10.2. The van der Waals surface area contributed by atoms with Crippen molar-refractivity contribution in [2.45, 2.75) is 6.04 Å². The summed E-state index contributed by atoms with van der Waals surface area (Å²) in [6.45, 7) is 2.96. The van der Waals surface area contributed by atoms with Gasteiger partial charge in [-0.2, -0.15) is 11.8 Å². The summed E-state index contributed by atoms with van der Waals surface area (Å²) in [7, 11) is 0. The zero-order valence-corrected chi connectivity index (χ0v) is 7.19. The molecule has 62 valence electrons. The molecule has 0 spiro atoms. The number of thioether (sulfide) groups is 1. The smallest absolute Gasteiger partial charge is 0.238 e. The van der Waals surface area contributed by atoms with Gasteiger partial charge in [0.1, 0.15) is 0 Å². The van der Waals surface area contributed by atoms with Crippen molar-refractivity contribution >= 4 is 17.7 Å². The van der Waals surface area contributed by atoms with Gasteiger partial charge in [-0.15, -0.1) is 0 Å². The van der Waals surface area contributed by atoms with Crippen LogP contribution in [0.15, 0.2) is 0 Å². The first-order valence-corrected chi connectivity index (χ1v) is 5.13. The zero-order chi connectivity index (χ0) is 7.68. The number of rotatable bonds is 0. The molecule has 11 heavy (non-hydrogen) atoms. The monoisotopic (exact) mass is 172 g/mol. The Morgan fingerprint density at radius 3 is 3.27 bits per heavy atom. The second kappa shape index (κ2) is 3.03. The number of nitrogens with one attached hydrogen (secondary N) is 1. The molecule has 0 aromatic rings. The van der Waals surface area contributed by atoms with E-state index in [2.05, 4.69) is 10.2 Å². The van der Waals surface area contributed by atoms with Gasteiger partial charge in [0.15, 0.2) is 0 Å². The maximum atomic E-state index is 11.3. The van der Waals surface area contributed by atoms with Gasteiger partial charge in [0, 0.05) is 31.1 Å². The fourth-order valence-corrected chi connectivity index (χ4v) is 2.70. The number of carbonyl (C=O) groups excluding carboxylic acids is 1. The van der Waals surface area contributed by atoms with Crippen molar-refractivity contribution in [3.63, 3.8) is 0 Å². The molecule has 0 saturated carbocycles. The van der Waals surface area contributed by atoms with Crippen LogP contribution < -0.4 is 5.32 Å². The number of hydrogen-bond acceptors (Lipinski definition) is 3. The number of nitrogens with zero attached hydrogens (tertiary/aromatic N) is 1. The highest BCUT2D eigenvalue weighted by Gasteiger charge is 2.31. The SMILES string of the molecule is O=C1NCCN2CCSC[C@H]12. The normalized spacial score (nSPS) is 32.7. The minimum absolute atomic E-state index is 0.169. The van der Waals surface area contributed by atoms with Crippen LogP contribution in [0.4, 0.5) is 0 Å². The molecular weight excluding hydrogens is 160 g/mol. The van der Waals surface area contributed by atoms with Crippen molar-refractivity contribution < 1.29 is 4.79 Å². The maximum absolute atomic E-state index is 11.3. The van der Waals surface area contributed by atoms with E-state index < -0.39 is 0 Å². The molecule has 1 atom stereocenters. The summed E-state index contributed by atoms with van der Waals surface area (Å²) in [5.41, 5.74) is 0. The number of piperazine rings is 1. The Labute approximate surface area is 70.5 Å². The number of fused-ring (bicyclic) bond motifs is 1. The topological polar surface area (TPSA) is 32.3 Å². The van der Waals surface area contributed by atoms with Crippen molar-refractivity contribution in [1.82, 2.24) is 10.2 Å². The van der Waals surface area contributed by atoms with Crippen LogP contribution in [0.3, 0.4) is 0 Å². The summed E-state index contributed by atoms with van der Waals surface area (Å²) < 4.78 is 0. The maximum Gasteiger partial charge on any atom is 0.238 e. The van der Waals surface area contributed by atoms with E-state index in [1.807, 2.05) is 11.8 Å². The Balaban J connectivity index is 2.05. The Morgan fingerprint density at radius 1 is 1.55 bits per heavy atom. The standard InChI is InChI=1S/C7H12N2OS/c10-7-6-5-11-4-3-9(6)2-1-8-7/h6H,1-5H2,(H,8,10)/t6-/m1/s1. The van der Waals surface area contributed by atoms with Crippen LogP contribution in [-0.2, 0) is 4.79 Å². The van der Waals surface area contributed by atoms with Crippen molar-refractivity contribution in [1.29, 1.82) is 0 Å². The number of amides is 1. The molecule has 2 heterocycles. The third-order valence-electron chi connectivity index (χ3n) is 2.24. The molecule has 2 rings (SSSR count). The average molecular weight is 172 g/mol. The summed E-state index contributed by atoms with van der Waals surface area (Å²) in [4.78, 5) is 13.5. The highest BCUT2D eigenvalue weighted by molar-refractivity contribution is 7.99. The first-order valence-electron chi connectivity index (χ1n) is 3.97. The van der Waals surface area contributed by atoms with E-state index >= 15 is 0 Å². The summed E-state index contributed by atoms with van der Waals surface area (Å²) in [6.07, 6.45) is 0. The highest BCUT2D eigenvalue weighted by Crippen LogP contribution is 2.17. The molecule has 2 fully saturated rings. The molecule has 0 aliphatic carbocycles. The van der Waals surface area contributed by atoms with Crippen molar-refractivity contribution in [3.8, 4) is 0 Å². The summed E-state index contributed by atoms with van der Waals surface area (Å²) >= 11 is 1.88. The van der Waals surface area contributed by atoms with Gasteiger partial charge in [0.05, 0.1) is 6.04 Å². The first kappa shape index (κ1) is 7.43. The summed E-state index contributed by atoms with van der Waals surface area (Å²) in [5.74, 6) is 2.39. The lowest BCUT2D eigenvalue weighted by molar-refractivity contribution is -0.128. The van der Waals surface area contributed by atoms with Crippen LogP contribution in [0.1, 0.15) is 0 Å². The number of hydrogen-bond donors (Lipinski definition) is 1. The molecule has 2 aliphatic heterocycles. The van der Waals surface area contributed by atoms with E-state index in [9.17, 15) is 4.79 Å². The zero-order valence-electron chi connectivity index (χ0n) is 6.38. The van der Waals surface area contributed by atoms with Gasteiger partial charge in [-0.05, 0) is 0 Å². The van der Waals surface area contributed by atoms with Crippen LogP contribution in [0.2, 0.25) is 0 Å². The Hall–Kier alpha value is -0.220. The molecule has 0 radical (unpaired) electrons. The first-order chi connectivity index (χ1) is 5.38. The largest absolute Gasteiger partial charge is 0.353 e. The van der Waals surface area contributed by atoms with Gasteiger partial charge in [0.2, 0.25) is 5.91 Å². The Morgan fingerprint density at radius 2 is 2.45 bits per heavy atom. The van der Waals surface area contributed by atoms with Crippen molar-refractivity contribution in [2.24, 2.45) is 0 Å². The van der Waals surface area contributed by atoms with Gasteiger partial charge < -0.3 is 5.32 Å². The highest BCUT2D eigenvalue weighted by atomic mass is 32.2. The fraction of sp³-hybridized carbons (Fsp3) is 0.857. The third-order valence-corrected chi connectivity index (χ3v) is 3.26. The Bertz CT molecular complexity index is 172. The van der Waals surface area contributed by atoms with Crippen molar-refractivity contribution in [3.05, 3.63) is 0 Å². The van der Waals surface area contributed by atoms with Crippen LogP contribution in [0.25, 0.3) is 0 Å².